The minimum Gasteiger partial charge on any atom is -0.387 e. The molecule has 0 aliphatic heterocycles. The Labute approximate surface area is 110 Å². The summed E-state index contributed by atoms with van der Waals surface area (Å²) in [5.74, 6) is -0.258. The van der Waals surface area contributed by atoms with Crippen molar-refractivity contribution in [3.63, 3.8) is 0 Å². The van der Waals surface area contributed by atoms with Crippen LogP contribution in [0.5, 0.6) is 0 Å². The molecule has 0 fully saturated rings. The van der Waals surface area contributed by atoms with Crippen molar-refractivity contribution in [2.75, 3.05) is 6.54 Å². The Morgan fingerprint density at radius 1 is 1.33 bits per heavy atom. The summed E-state index contributed by atoms with van der Waals surface area (Å²) in [5.41, 5.74) is 1.06. The van der Waals surface area contributed by atoms with Crippen molar-refractivity contribution >= 4 is 17.5 Å². The first-order chi connectivity index (χ1) is 8.68. The Morgan fingerprint density at radius 2 is 2.11 bits per heavy atom. The topological polar surface area (TPSA) is 65.1 Å². The standard InChI is InChI=1S/C13H13ClN2O2/c14-10-5-2-1-4-9(10)12(17)8-16-13(18)11-6-3-7-15-11/h1-7,12,15,17H,8H2,(H,16,18). The first kappa shape index (κ1) is 12.7. The molecule has 0 spiro atoms. The molecule has 94 valence electrons. The van der Waals surface area contributed by atoms with Crippen molar-refractivity contribution < 1.29 is 9.90 Å². The Balaban J connectivity index is 1.95. The number of carbonyl (C=O) groups excluding carboxylic acids is 1. The van der Waals surface area contributed by atoms with Gasteiger partial charge in [-0.25, -0.2) is 0 Å². The van der Waals surface area contributed by atoms with E-state index in [2.05, 4.69) is 10.3 Å². The predicted octanol–water partition coefficient (Wildman–Crippen LogP) is 2.13. The van der Waals surface area contributed by atoms with E-state index in [4.69, 9.17) is 11.6 Å². The van der Waals surface area contributed by atoms with Crippen molar-refractivity contribution in [1.29, 1.82) is 0 Å². The number of halogens is 1. The van der Waals surface area contributed by atoms with Gasteiger partial charge in [0.05, 0.1) is 6.10 Å². The monoisotopic (exact) mass is 264 g/mol. The SMILES string of the molecule is O=C(NCC(O)c1ccccc1Cl)c1ccc[nH]1. The molecule has 1 unspecified atom stereocenters. The smallest absolute Gasteiger partial charge is 0.267 e. The zero-order valence-corrected chi connectivity index (χ0v) is 10.3. The molecule has 0 saturated heterocycles. The summed E-state index contributed by atoms with van der Waals surface area (Å²) in [7, 11) is 0. The molecule has 1 heterocycles. The molecule has 5 heteroatoms. The fourth-order valence-corrected chi connectivity index (χ4v) is 1.87. The lowest BCUT2D eigenvalue weighted by atomic mass is 10.1. The van der Waals surface area contributed by atoms with E-state index in [-0.39, 0.29) is 12.5 Å². The van der Waals surface area contributed by atoms with Crippen molar-refractivity contribution in [3.8, 4) is 0 Å². The van der Waals surface area contributed by atoms with Crippen LogP contribution in [0.3, 0.4) is 0 Å². The minimum atomic E-state index is -0.822. The van der Waals surface area contributed by atoms with E-state index in [1.165, 1.54) is 0 Å². The molecule has 0 aliphatic carbocycles. The van der Waals surface area contributed by atoms with E-state index >= 15 is 0 Å². The normalized spacial score (nSPS) is 12.1. The summed E-state index contributed by atoms with van der Waals surface area (Å²) in [6, 6.07) is 10.4. The van der Waals surface area contributed by atoms with Crippen LogP contribution in [0.1, 0.15) is 22.2 Å². The van der Waals surface area contributed by atoms with E-state index in [9.17, 15) is 9.90 Å². The van der Waals surface area contributed by atoms with Crippen molar-refractivity contribution in [2.24, 2.45) is 0 Å². The van der Waals surface area contributed by atoms with Gasteiger partial charge < -0.3 is 15.4 Å². The Bertz CT molecular complexity index is 526. The van der Waals surface area contributed by atoms with Crippen LogP contribution in [-0.4, -0.2) is 22.5 Å². The number of benzene rings is 1. The maximum Gasteiger partial charge on any atom is 0.267 e. The second-order valence-electron chi connectivity index (χ2n) is 3.83. The van der Waals surface area contributed by atoms with Gasteiger partial charge in [0.1, 0.15) is 5.69 Å². The number of amides is 1. The van der Waals surface area contributed by atoms with Crippen LogP contribution in [0, 0.1) is 0 Å². The number of aliphatic hydroxyl groups excluding tert-OH is 1. The largest absolute Gasteiger partial charge is 0.387 e. The van der Waals surface area contributed by atoms with Crippen LogP contribution >= 0.6 is 11.6 Å². The lowest BCUT2D eigenvalue weighted by Crippen LogP contribution is -2.28. The minimum absolute atomic E-state index is 0.113. The van der Waals surface area contributed by atoms with Crippen LogP contribution in [0.15, 0.2) is 42.6 Å². The molecule has 3 N–H and O–H groups in total. The molecule has 2 rings (SSSR count). The Morgan fingerprint density at radius 3 is 2.78 bits per heavy atom. The Hall–Kier alpha value is -1.78. The molecule has 0 radical (unpaired) electrons. The second-order valence-corrected chi connectivity index (χ2v) is 4.24. The fourth-order valence-electron chi connectivity index (χ4n) is 1.61. The number of aromatic nitrogens is 1. The van der Waals surface area contributed by atoms with Crippen LogP contribution in [0.2, 0.25) is 5.02 Å². The van der Waals surface area contributed by atoms with Gasteiger partial charge in [0.25, 0.3) is 5.91 Å². The highest BCUT2D eigenvalue weighted by Gasteiger charge is 2.13. The highest BCUT2D eigenvalue weighted by Crippen LogP contribution is 2.21. The molecule has 1 amide bonds. The lowest BCUT2D eigenvalue weighted by Gasteiger charge is -2.13. The highest BCUT2D eigenvalue weighted by molar-refractivity contribution is 6.31. The zero-order chi connectivity index (χ0) is 13.0. The molecule has 0 bridgehead atoms. The number of nitrogens with one attached hydrogen (secondary N) is 2. The number of hydrogen-bond acceptors (Lipinski definition) is 2. The van der Waals surface area contributed by atoms with Crippen LogP contribution in [-0.2, 0) is 0 Å². The van der Waals surface area contributed by atoms with Gasteiger partial charge in [0, 0.05) is 23.3 Å². The molecule has 1 aromatic heterocycles. The van der Waals surface area contributed by atoms with Gasteiger partial charge in [-0.15, -0.1) is 0 Å². The van der Waals surface area contributed by atoms with E-state index < -0.39 is 6.10 Å². The average Bonchev–Trinajstić information content (AvgIpc) is 2.90. The Kier molecular flexibility index (Phi) is 4.02. The number of carbonyl (C=O) groups is 1. The van der Waals surface area contributed by atoms with Gasteiger partial charge in [-0.05, 0) is 18.2 Å². The third kappa shape index (κ3) is 2.91. The van der Waals surface area contributed by atoms with Crippen LogP contribution in [0.25, 0.3) is 0 Å². The molecule has 0 aliphatic rings. The summed E-state index contributed by atoms with van der Waals surface area (Å²) in [4.78, 5) is 14.4. The molecule has 1 atom stereocenters. The number of aromatic amines is 1. The molecule has 0 saturated carbocycles. The van der Waals surface area contributed by atoms with Gasteiger partial charge in [-0.1, -0.05) is 29.8 Å². The molecule has 18 heavy (non-hydrogen) atoms. The van der Waals surface area contributed by atoms with Crippen molar-refractivity contribution in [2.45, 2.75) is 6.10 Å². The van der Waals surface area contributed by atoms with Gasteiger partial charge in [-0.3, -0.25) is 4.79 Å². The summed E-state index contributed by atoms with van der Waals surface area (Å²) < 4.78 is 0. The molecule has 4 nitrogen and oxygen atoms in total. The zero-order valence-electron chi connectivity index (χ0n) is 9.56. The van der Waals surface area contributed by atoms with Crippen molar-refractivity contribution in [1.82, 2.24) is 10.3 Å². The third-order valence-electron chi connectivity index (χ3n) is 2.56. The lowest BCUT2D eigenvalue weighted by molar-refractivity contribution is 0.0912. The predicted molar refractivity (Wildman–Crippen MR) is 69.5 cm³/mol. The highest BCUT2D eigenvalue weighted by atomic mass is 35.5. The summed E-state index contributed by atoms with van der Waals surface area (Å²) >= 11 is 5.96. The maximum absolute atomic E-state index is 11.6. The molecular formula is C13H13ClN2O2. The summed E-state index contributed by atoms with van der Waals surface area (Å²) in [6.45, 7) is 0.113. The van der Waals surface area contributed by atoms with Crippen LogP contribution < -0.4 is 5.32 Å². The van der Waals surface area contributed by atoms with Gasteiger partial charge in [0.2, 0.25) is 0 Å². The van der Waals surface area contributed by atoms with E-state index in [0.717, 1.165) is 0 Å². The van der Waals surface area contributed by atoms with Gasteiger partial charge in [0.15, 0.2) is 0 Å². The summed E-state index contributed by atoms with van der Waals surface area (Å²) in [5, 5.41) is 13.1. The molecule has 2 aromatic rings. The second kappa shape index (κ2) is 5.71. The van der Waals surface area contributed by atoms with Gasteiger partial charge >= 0.3 is 0 Å². The van der Waals surface area contributed by atoms with Crippen molar-refractivity contribution in [3.05, 3.63) is 58.9 Å². The number of H-pyrrole nitrogens is 1. The van der Waals surface area contributed by atoms with E-state index in [1.807, 2.05) is 0 Å². The number of aliphatic hydroxyl groups is 1. The van der Waals surface area contributed by atoms with Gasteiger partial charge in [-0.2, -0.15) is 0 Å². The first-order valence-corrected chi connectivity index (χ1v) is 5.90. The quantitative estimate of drug-likeness (QED) is 0.792. The first-order valence-electron chi connectivity index (χ1n) is 5.52. The summed E-state index contributed by atoms with van der Waals surface area (Å²) in [6.07, 6.45) is 0.844. The number of hydrogen-bond donors (Lipinski definition) is 3. The maximum atomic E-state index is 11.6. The van der Waals surface area contributed by atoms with E-state index in [1.54, 1.807) is 42.6 Å². The third-order valence-corrected chi connectivity index (χ3v) is 2.91. The molecular weight excluding hydrogens is 252 g/mol. The number of rotatable bonds is 4. The molecule has 1 aromatic carbocycles. The van der Waals surface area contributed by atoms with E-state index in [0.29, 0.717) is 16.3 Å². The fraction of sp³-hybridized carbons (Fsp3) is 0.154. The average molecular weight is 265 g/mol. The van der Waals surface area contributed by atoms with Crippen LogP contribution in [0.4, 0.5) is 0 Å².